The Bertz CT molecular complexity index is 91.0. The molecule has 0 saturated carbocycles. The average Bonchev–Trinajstić information content (AvgIpc) is 2.11. The zero-order valence-electron chi connectivity index (χ0n) is 9.19. The summed E-state index contributed by atoms with van der Waals surface area (Å²) in [6.45, 7) is 6.85. The van der Waals surface area contributed by atoms with Crippen LogP contribution < -0.4 is 5.32 Å². The van der Waals surface area contributed by atoms with E-state index >= 15 is 0 Å². The normalized spacial score (nSPS) is 16.0. The largest absolute Gasteiger partial charge is 0.317 e. The fourth-order valence-corrected chi connectivity index (χ4v) is 1.72. The molecule has 0 aliphatic heterocycles. The first-order chi connectivity index (χ1) is 5.76. The van der Waals surface area contributed by atoms with Gasteiger partial charge in [-0.05, 0) is 32.7 Å². The summed E-state index contributed by atoms with van der Waals surface area (Å²) in [6.07, 6.45) is 6.81. The van der Waals surface area contributed by atoms with Crippen molar-refractivity contribution in [1.82, 2.24) is 5.32 Å². The Hall–Kier alpha value is -0.0400. The second-order valence-corrected chi connectivity index (χ2v) is 3.77. The second kappa shape index (κ2) is 7.60. The van der Waals surface area contributed by atoms with Gasteiger partial charge in [0.15, 0.2) is 0 Å². The third-order valence-electron chi connectivity index (χ3n) is 2.75. The van der Waals surface area contributed by atoms with Gasteiger partial charge in [0, 0.05) is 6.04 Å². The van der Waals surface area contributed by atoms with Crippen LogP contribution in [0.4, 0.5) is 0 Å². The van der Waals surface area contributed by atoms with Gasteiger partial charge in [-0.2, -0.15) is 0 Å². The molecule has 0 saturated heterocycles. The van der Waals surface area contributed by atoms with Gasteiger partial charge >= 0.3 is 0 Å². The molecule has 0 heterocycles. The number of rotatable bonds is 7. The van der Waals surface area contributed by atoms with Crippen LogP contribution in [-0.2, 0) is 0 Å². The molecule has 74 valence electrons. The molecular weight excluding hydrogens is 146 g/mol. The first-order valence-corrected chi connectivity index (χ1v) is 5.43. The van der Waals surface area contributed by atoms with Gasteiger partial charge in [0.2, 0.25) is 0 Å². The summed E-state index contributed by atoms with van der Waals surface area (Å²) in [7, 11) is 2.07. The third kappa shape index (κ3) is 4.76. The Balaban J connectivity index is 3.68. The number of nitrogens with one attached hydrogen (secondary N) is 1. The van der Waals surface area contributed by atoms with Gasteiger partial charge in [-0.1, -0.05) is 33.1 Å². The molecular formula is C11H25N. The molecule has 0 aliphatic carbocycles. The molecule has 0 spiro atoms. The Labute approximate surface area is 77.9 Å². The van der Waals surface area contributed by atoms with Crippen LogP contribution in [0.3, 0.4) is 0 Å². The van der Waals surface area contributed by atoms with Crippen LogP contribution in [0.15, 0.2) is 0 Å². The molecule has 1 heteroatoms. The summed E-state index contributed by atoms with van der Waals surface area (Å²) in [5.41, 5.74) is 0. The maximum atomic E-state index is 3.36. The van der Waals surface area contributed by atoms with Gasteiger partial charge in [0.1, 0.15) is 0 Å². The minimum Gasteiger partial charge on any atom is -0.317 e. The highest BCUT2D eigenvalue weighted by molar-refractivity contribution is 4.70. The van der Waals surface area contributed by atoms with Gasteiger partial charge < -0.3 is 5.32 Å². The van der Waals surface area contributed by atoms with Gasteiger partial charge in [0.25, 0.3) is 0 Å². The predicted molar refractivity (Wildman–Crippen MR) is 56.4 cm³/mol. The van der Waals surface area contributed by atoms with Crippen molar-refractivity contribution in [1.29, 1.82) is 0 Å². The fraction of sp³-hybridized carbons (Fsp3) is 1.00. The maximum Gasteiger partial charge on any atom is 0.00639 e. The molecule has 0 rings (SSSR count). The van der Waals surface area contributed by atoms with Crippen LogP contribution >= 0.6 is 0 Å². The highest BCUT2D eigenvalue weighted by atomic mass is 14.9. The number of hydrogen-bond acceptors (Lipinski definition) is 1. The van der Waals surface area contributed by atoms with E-state index in [2.05, 4.69) is 33.1 Å². The number of hydrogen-bond donors (Lipinski definition) is 1. The van der Waals surface area contributed by atoms with Crippen LogP contribution in [0.5, 0.6) is 0 Å². The molecule has 0 fully saturated rings. The summed E-state index contributed by atoms with van der Waals surface area (Å²) < 4.78 is 0. The Morgan fingerprint density at radius 1 is 1.08 bits per heavy atom. The van der Waals surface area contributed by atoms with Crippen LogP contribution in [0.25, 0.3) is 0 Å². The van der Waals surface area contributed by atoms with E-state index in [-0.39, 0.29) is 0 Å². The van der Waals surface area contributed by atoms with Gasteiger partial charge in [0.05, 0.1) is 0 Å². The summed E-state index contributed by atoms with van der Waals surface area (Å²) in [5, 5.41) is 3.36. The lowest BCUT2D eigenvalue weighted by atomic mass is 9.91. The molecule has 0 aromatic heterocycles. The van der Waals surface area contributed by atoms with Crippen molar-refractivity contribution in [2.75, 3.05) is 7.05 Å². The zero-order chi connectivity index (χ0) is 9.40. The minimum absolute atomic E-state index is 0.691. The quantitative estimate of drug-likeness (QED) is 0.620. The summed E-state index contributed by atoms with van der Waals surface area (Å²) >= 11 is 0. The van der Waals surface area contributed by atoms with E-state index in [9.17, 15) is 0 Å². The summed E-state index contributed by atoms with van der Waals surface area (Å²) in [4.78, 5) is 0. The van der Waals surface area contributed by atoms with Crippen molar-refractivity contribution in [3.8, 4) is 0 Å². The van der Waals surface area contributed by atoms with Crippen LogP contribution in [0.1, 0.15) is 52.9 Å². The highest BCUT2D eigenvalue weighted by Gasteiger charge is 2.13. The topological polar surface area (TPSA) is 12.0 Å². The predicted octanol–water partition coefficient (Wildman–Crippen LogP) is 3.20. The molecule has 0 bridgehead atoms. The average molecular weight is 171 g/mol. The zero-order valence-corrected chi connectivity index (χ0v) is 9.19. The minimum atomic E-state index is 0.691. The van der Waals surface area contributed by atoms with Crippen molar-refractivity contribution in [2.24, 2.45) is 5.92 Å². The molecule has 0 radical (unpaired) electrons. The first-order valence-electron chi connectivity index (χ1n) is 5.43. The molecule has 12 heavy (non-hydrogen) atoms. The van der Waals surface area contributed by atoms with Gasteiger partial charge in [-0.15, -0.1) is 0 Å². The molecule has 0 aromatic rings. The summed E-state index contributed by atoms with van der Waals surface area (Å²) in [6, 6.07) is 0.691. The maximum absolute atomic E-state index is 3.36. The molecule has 2 atom stereocenters. The Morgan fingerprint density at radius 2 is 1.75 bits per heavy atom. The SMILES string of the molecule is CCCCC(CCC)C(C)NC. The second-order valence-electron chi connectivity index (χ2n) is 3.77. The van der Waals surface area contributed by atoms with Crippen molar-refractivity contribution in [3.63, 3.8) is 0 Å². The first kappa shape index (κ1) is 12.0. The fourth-order valence-electron chi connectivity index (χ4n) is 1.72. The van der Waals surface area contributed by atoms with E-state index < -0.39 is 0 Å². The van der Waals surface area contributed by atoms with Crippen LogP contribution in [0.2, 0.25) is 0 Å². The molecule has 0 amide bonds. The van der Waals surface area contributed by atoms with Crippen molar-refractivity contribution >= 4 is 0 Å². The Kier molecular flexibility index (Phi) is 7.58. The smallest absolute Gasteiger partial charge is 0.00639 e. The molecule has 0 aliphatic rings. The monoisotopic (exact) mass is 171 g/mol. The van der Waals surface area contributed by atoms with E-state index in [1.807, 2.05) is 0 Å². The summed E-state index contributed by atoms with van der Waals surface area (Å²) in [5.74, 6) is 0.889. The standard InChI is InChI=1S/C11H25N/c1-5-7-9-11(8-6-2)10(3)12-4/h10-12H,5-9H2,1-4H3. The van der Waals surface area contributed by atoms with Crippen LogP contribution in [-0.4, -0.2) is 13.1 Å². The molecule has 1 nitrogen and oxygen atoms in total. The third-order valence-corrected chi connectivity index (χ3v) is 2.75. The molecule has 2 unspecified atom stereocenters. The lowest BCUT2D eigenvalue weighted by molar-refractivity contribution is 0.337. The van der Waals surface area contributed by atoms with Gasteiger partial charge in [-0.25, -0.2) is 0 Å². The lowest BCUT2D eigenvalue weighted by Crippen LogP contribution is -2.30. The molecule has 0 aromatic carbocycles. The van der Waals surface area contributed by atoms with E-state index in [0.717, 1.165) is 5.92 Å². The van der Waals surface area contributed by atoms with Crippen molar-refractivity contribution < 1.29 is 0 Å². The van der Waals surface area contributed by atoms with Crippen molar-refractivity contribution in [2.45, 2.75) is 58.9 Å². The van der Waals surface area contributed by atoms with E-state index in [1.54, 1.807) is 0 Å². The van der Waals surface area contributed by atoms with Gasteiger partial charge in [-0.3, -0.25) is 0 Å². The Morgan fingerprint density at radius 3 is 2.17 bits per heavy atom. The van der Waals surface area contributed by atoms with Crippen LogP contribution in [0, 0.1) is 5.92 Å². The highest BCUT2D eigenvalue weighted by Crippen LogP contribution is 2.18. The van der Waals surface area contributed by atoms with E-state index in [0.29, 0.717) is 6.04 Å². The van der Waals surface area contributed by atoms with E-state index in [4.69, 9.17) is 0 Å². The molecule has 1 N–H and O–H groups in total. The van der Waals surface area contributed by atoms with E-state index in [1.165, 1.54) is 32.1 Å². The lowest BCUT2D eigenvalue weighted by Gasteiger charge is -2.22. The number of unbranched alkanes of at least 4 members (excludes halogenated alkanes) is 1. The van der Waals surface area contributed by atoms with Crippen molar-refractivity contribution in [3.05, 3.63) is 0 Å².